The number of nitrogens with zero attached hydrogens (tertiary/aromatic N) is 2. The zero-order chi connectivity index (χ0) is 10.1. The van der Waals surface area contributed by atoms with Gasteiger partial charge in [-0.2, -0.15) is 0 Å². The molecule has 0 aliphatic carbocycles. The van der Waals surface area contributed by atoms with E-state index in [0.717, 1.165) is 9.56 Å². The summed E-state index contributed by atoms with van der Waals surface area (Å²) in [5.74, 6) is -0.348. The number of carbonyl (C=O) groups excluding carboxylic acids is 1. The molecule has 0 saturated carbocycles. The number of hydrogen-bond acceptors (Lipinski definition) is 4. The molecule has 2 rings (SSSR count). The van der Waals surface area contributed by atoms with E-state index in [4.69, 9.17) is 4.74 Å². The lowest BCUT2D eigenvalue weighted by Crippen LogP contribution is -2.07. The molecule has 74 valence electrons. The van der Waals surface area contributed by atoms with Crippen molar-refractivity contribution in [2.45, 2.75) is 6.92 Å². The summed E-state index contributed by atoms with van der Waals surface area (Å²) in [6.45, 7) is 2.15. The van der Waals surface area contributed by atoms with Crippen LogP contribution in [-0.2, 0) is 4.74 Å². The highest BCUT2D eigenvalue weighted by molar-refractivity contribution is 9.10. The lowest BCUT2D eigenvalue weighted by Gasteiger charge is -1.99. The Morgan fingerprint density at radius 2 is 2.57 bits per heavy atom. The van der Waals surface area contributed by atoms with Crippen LogP contribution in [0.4, 0.5) is 0 Å². The Hall–Kier alpha value is -0.880. The van der Waals surface area contributed by atoms with Crippen LogP contribution in [0.25, 0.3) is 4.96 Å². The molecule has 0 fully saturated rings. The normalized spacial score (nSPS) is 10.7. The molecular weight excluding hydrogens is 268 g/mol. The second-order valence-corrected chi connectivity index (χ2v) is 4.19. The molecule has 6 heteroatoms. The minimum absolute atomic E-state index is 0.348. The standard InChI is InChI=1S/C8H7BrN2O2S/c1-2-13-7(12)5-3-10-8-11(5)6(9)4-14-8/h3-4H,2H2,1H3. The molecule has 0 unspecified atom stereocenters. The molecule has 2 aromatic heterocycles. The summed E-state index contributed by atoms with van der Waals surface area (Å²) in [4.78, 5) is 16.3. The maximum Gasteiger partial charge on any atom is 0.357 e. The van der Waals surface area contributed by atoms with Gasteiger partial charge in [0.2, 0.25) is 0 Å². The molecule has 0 saturated heterocycles. The molecule has 0 bridgehead atoms. The Balaban J connectivity index is 2.51. The first-order valence-electron chi connectivity index (χ1n) is 4.01. The Morgan fingerprint density at radius 1 is 1.79 bits per heavy atom. The van der Waals surface area contributed by atoms with Crippen molar-refractivity contribution in [3.8, 4) is 0 Å². The lowest BCUT2D eigenvalue weighted by molar-refractivity contribution is 0.0518. The third kappa shape index (κ3) is 1.44. The molecule has 0 N–H and O–H groups in total. The molecule has 4 nitrogen and oxygen atoms in total. The molecule has 14 heavy (non-hydrogen) atoms. The first-order chi connectivity index (χ1) is 6.74. The number of thiazole rings is 1. The molecule has 0 atom stereocenters. The molecule has 0 radical (unpaired) electrons. The van der Waals surface area contributed by atoms with E-state index in [1.54, 1.807) is 11.3 Å². The van der Waals surface area contributed by atoms with Gasteiger partial charge in [0, 0.05) is 5.38 Å². The SMILES string of the molecule is CCOC(=O)c1cnc2scc(Br)n12. The molecule has 0 aromatic carbocycles. The van der Waals surface area contributed by atoms with Gasteiger partial charge in [0.05, 0.1) is 12.8 Å². The van der Waals surface area contributed by atoms with Crippen molar-refractivity contribution in [3.05, 3.63) is 21.9 Å². The monoisotopic (exact) mass is 274 g/mol. The molecule has 2 heterocycles. The molecule has 0 aliphatic rings. The lowest BCUT2D eigenvalue weighted by atomic mass is 10.5. The van der Waals surface area contributed by atoms with Crippen molar-refractivity contribution in [1.29, 1.82) is 0 Å². The number of ether oxygens (including phenoxy) is 1. The van der Waals surface area contributed by atoms with Crippen LogP contribution < -0.4 is 0 Å². The van der Waals surface area contributed by atoms with Crippen molar-refractivity contribution in [3.63, 3.8) is 0 Å². The summed E-state index contributed by atoms with van der Waals surface area (Å²) in [6, 6.07) is 0. The van der Waals surface area contributed by atoms with Gasteiger partial charge >= 0.3 is 5.97 Å². The summed E-state index contributed by atoms with van der Waals surface area (Å²) in [5.41, 5.74) is 0.454. The van der Waals surface area contributed by atoms with Gasteiger partial charge in [-0.3, -0.25) is 4.40 Å². The van der Waals surface area contributed by atoms with E-state index in [0.29, 0.717) is 12.3 Å². The minimum atomic E-state index is -0.348. The zero-order valence-corrected chi connectivity index (χ0v) is 9.76. The van der Waals surface area contributed by atoms with Crippen LogP contribution in [0.5, 0.6) is 0 Å². The Labute approximate surface area is 92.6 Å². The van der Waals surface area contributed by atoms with Gasteiger partial charge < -0.3 is 4.74 Å². The van der Waals surface area contributed by atoms with Crippen LogP contribution in [0.2, 0.25) is 0 Å². The first-order valence-corrected chi connectivity index (χ1v) is 5.69. The second-order valence-electron chi connectivity index (χ2n) is 2.54. The highest BCUT2D eigenvalue weighted by Crippen LogP contribution is 2.22. The molecule has 0 spiro atoms. The highest BCUT2D eigenvalue weighted by atomic mass is 79.9. The van der Waals surface area contributed by atoms with Gasteiger partial charge in [-0.25, -0.2) is 9.78 Å². The van der Waals surface area contributed by atoms with Crippen LogP contribution in [0.1, 0.15) is 17.4 Å². The van der Waals surface area contributed by atoms with Gasteiger partial charge in [0.25, 0.3) is 0 Å². The highest BCUT2D eigenvalue weighted by Gasteiger charge is 2.15. The van der Waals surface area contributed by atoms with Crippen molar-refractivity contribution in [2.75, 3.05) is 6.61 Å². The average Bonchev–Trinajstić information content (AvgIpc) is 2.70. The summed E-state index contributed by atoms with van der Waals surface area (Å²) in [7, 11) is 0. The second kappa shape index (κ2) is 3.70. The number of halogens is 1. The van der Waals surface area contributed by atoms with Crippen LogP contribution in [0.15, 0.2) is 16.2 Å². The first kappa shape index (κ1) is 9.67. The number of esters is 1. The Kier molecular flexibility index (Phi) is 2.56. The summed E-state index contributed by atoms with van der Waals surface area (Å²) in [5, 5.41) is 1.88. The van der Waals surface area contributed by atoms with E-state index < -0.39 is 0 Å². The van der Waals surface area contributed by atoms with Gasteiger partial charge in [0.15, 0.2) is 10.7 Å². The quantitative estimate of drug-likeness (QED) is 0.790. The van der Waals surface area contributed by atoms with Gasteiger partial charge in [-0.05, 0) is 22.9 Å². The minimum Gasteiger partial charge on any atom is -0.461 e. The number of carbonyl (C=O) groups is 1. The fraction of sp³-hybridized carbons (Fsp3) is 0.250. The maximum absolute atomic E-state index is 11.5. The fourth-order valence-corrected chi connectivity index (χ4v) is 2.61. The van der Waals surface area contributed by atoms with Crippen molar-refractivity contribution >= 4 is 38.2 Å². The van der Waals surface area contributed by atoms with Crippen LogP contribution in [0.3, 0.4) is 0 Å². The molecule has 0 aliphatic heterocycles. The third-order valence-corrected chi connectivity index (χ3v) is 3.42. The fourth-order valence-electron chi connectivity index (χ4n) is 1.13. The Bertz CT molecular complexity index is 477. The topological polar surface area (TPSA) is 43.6 Å². The summed E-state index contributed by atoms with van der Waals surface area (Å²) < 4.78 is 7.45. The summed E-state index contributed by atoms with van der Waals surface area (Å²) in [6.07, 6.45) is 1.52. The maximum atomic E-state index is 11.5. The number of fused-ring (bicyclic) bond motifs is 1. The largest absolute Gasteiger partial charge is 0.461 e. The number of aromatic nitrogens is 2. The van der Waals surface area contributed by atoms with E-state index in [1.165, 1.54) is 17.5 Å². The smallest absolute Gasteiger partial charge is 0.357 e. The van der Waals surface area contributed by atoms with E-state index in [-0.39, 0.29) is 5.97 Å². The van der Waals surface area contributed by atoms with E-state index >= 15 is 0 Å². The van der Waals surface area contributed by atoms with Crippen LogP contribution >= 0.6 is 27.3 Å². The van der Waals surface area contributed by atoms with E-state index in [1.807, 2.05) is 5.38 Å². The number of hydrogen-bond donors (Lipinski definition) is 0. The van der Waals surface area contributed by atoms with Gasteiger partial charge in [-0.15, -0.1) is 11.3 Å². The molecule has 0 amide bonds. The van der Waals surface area contributed by atoms with Gasteiger partial charge in [-0.1, -0.05) is 0 Å². The van der Waals surface area contributed by atoms with Gasteiger partial charge in [0.1, 0.15) is 4.60 Å². The number of imidazole rings is 1. The zero-order valence-electron chi connectivity index (χ0n) is 7.36. The summed E-state index contributed by atoms with van der Waals surface area (Å²) >= 11 is 4.81. The van der Waals surface area contributed by atoms with E-state index in [2.05, 4.69) is 20.9 Å². The predicted molar refractivity (Wildman–Crippen MR) is 56.7 cm³/mol. The predicted octanol–water partition coefficient (Wildman–Crippen LogP) is 2.34. The molecule has 2 aromatic rings. The van der Waals surface area contributed by atoms with Crippen molar-refractivity contribution < 1.29 is 9.53 Å². The van der Waals surface area contributed by atoms with E-state index in [9.17, 15) is 4.79 Å². The van der Waals surface area contributed by atoms with Crippen LogP contribution in [0, 0.1) is 0 Å². The van der Waals surface area contributed by atoms with Crippen molar-refractivity contribution in [1.82, 2.24) is 9.38 Å². The van der Waals surface area contributed by atoms with Crippen LogP contribution in [-0.4, -0.2) is 22.0 Å². The third-order valence-electron chi connectivity index (χ3n) is 1.69. The Morgan fingerprint density at radius 3 is 3.29 bits per heavy atom. The molecular formula is C8H7BrN2O2S. The number of rotatable bonds is 2. The average molecular weight is 275 g/mol. The van der Waals surface area contributed by atoms with Crippen molar-refractivity contribution in [2.24, 2.45) is 0 Å².